The molecule has 0 aromatic heterocycles. The fourth-order valence-corrected chi connectivity index (χ4v) is 2.40. The van der Waals surface area contributed by atoms with Crippen LogP contribution in [0.1, 0.15) is 45.0 Å². The first kappa shape index (κ1) is 19.7. The van der Waals surface area contributed by atoms with Crippen LogP contribution in [-0.4, -0.2) is 41.8 Å². The van der Waals surface area contributed by atoms with Crippen LogP contribution in [0, 0.1) is 5.92 Å². The highest BCUT2D eigenvalue weighted by Gasteiger charge is 2.23. The van der Waals surface area contributed by atoms with E-state index < -0.39 is 6.04 Å². The van der Waals surface area contributed by atoms with Crippen molar-refractivity contribution in [2.45, 2.75) is 40.7 Å². The molecule has 0 fully saturated rings. The maximum absolute atomic E-state index is 12.4. The highest BCUT2D eigenvalue weighted by atomic mass is 16.2. The van der Waals surface area contributed by atoms with Gasteiger partial charge in [0, 0.05) is 31.3 Å². The zero-order valence-electron chi connectivity index (χ0n) is 15.1. The van der Waals surface area contributed by atoms with E-state index >= 15 is 0 Å². The lowest BCUT2D eigenvalue weighted by Gasteiger charge is -2.21. The van der Waals surface area contributed by atoms with Gasteiger partial charge in [-0.2, -0.15) is 0 Å². The monoisotopic (exact) mass is 333 g/mol. The van der Waals surface area contributed by atoms with Crippen molar-refractivity contribution in [3.8, 4) is 0 Å². The van der Waals surface area contributed by atoms with Crippen molar-refractivity contribution in [1.82, 2.24) is 10.2 Å². The number of hydrogen-bond acceptors (Lipinski definition) is 3. The van der Waals surface area contributed by atoms with Crippen LogP contribution in [0.3, 0.4) is 0 Å². The molecule has 0 spiro atoms. The second kappa shape index (κ2) is 9.05. The Morgan fingerprint density at radius 1 is 1.12 bits per heavy atom. The summed E-state index contributed by atoms with van der Waals surface area (Å²) >= 11 is 0. The van der Waals surface area contributed by atoms with E-state index in [4.69, 9.17) is 0 Å². The SMILES string of the molecule is CCN(CC)C(=O)c1cccc(NC(=O)C(NC(C)=O)C(C)C)c1. The van der Waals surface area contributed by atoms with E-state index in [1.807, 2.05) is 27.7 Å². The number of anilines is 1. The van der Waals surface area contributed by atoms with E-state index in [9.17, 15) is 14.4 Å². The van der Waals surface area contributed by atoms with Crippen LogP contribution in [0.5, 0.6) is 0 Å². The largest absolute Gasteiger partial charge is 0.344 e. The van der Waals surface area contributed by atoms with Crippen molar-refractivity contribution in [3.05, 3.63) is 29.8 Å². The van der Waals surface area contributed by atoms with Crippen molar-refractivity contribution in [1.29, 1.82) is 0 Å². The molecule has 1 rings (SSSR count). The van der Waals surface area contributed by atoms with Crippen molar-refractivity contribution in [2.75, 3.05) is 18.4 Å². The minimum absolute atomic E-state index is 0.0469. The summed E-state index contributed by atoms with van der Waals surface area (Å²) in [6.07, 6.45) is 0. The molecule has 0 aliphatic carbocycles. The normalized spacial score (nSPS) is 11.8. The van der Waals surface area contributed by atoms with Gasteiger partial charge in [0.15, 0.2) is 0 Å². The first-order chi connectivity index (χ1) is 11.3. The van der Waals surface area contributed by atoms with Crippen molar-refractivity contribution in [3.63, 3.8) is 0 Å². The van der Waals surface area contributed by atoms with Crippen molar-refractivity contribution >= 4 is 23.4 Å². The number of nitrogens with one attached hydrogen (secondary N) is 2. The molecule has 0 aliphatic heterocycles. The van der Waals surface area contributed by atoms with Crippen LogP contribution in [0.4, 0.5) is 5.69 Å². The molecule has 0 saturated carbocycles. The Morgan fingerprint density at radius 3 is 2.25 bits per heavy atom. The van der Waals surface area contributed by atoms with Crippen LogP contribution in [0.25, 0.3) is 0 Å². The third-order valence-corrected chi connectivity index (χ3v) is 3.74. The number of rotatable bonds is 7. The van der Waals surface area contributed by atoms with Crippen LogP contribution in [0.15, 0.2) is 24.3 Å². The lowest BCUT2D eigenvalue weighted by Crippen LogP contribution is -2.46. The molecule has 24 heavy (non-hydrogen) atoms. The summed E-state index contributed by atoms with van der Waals surface area (Å²) in [5.74, 6) is -0.672. The van der Waals surface area contributed by atoms with Crippen LogP contribution >= 0.6 is 0 Å². The van der Waals surface area contributed by atoms with Gasteiger partial charge in [-0.25, -0.2) is 0 Å². The molecule has 2 N–H and O–H groups in total. The average molecular weight is 333 g/mol. The fourth-order valence-electron chi connectivity index (χ4n) is 2.40. The second-order valence-corrected chi connectivity index (χ2v) is 5.97. The maximum Gasteiger partial charge on any atom is 0.253 e. The Morgan fingerprint density at radius 2 is 1.75 bits per heavy atom. The lowest BCUT2D eigenvalue weighted by atomic mass is 10.0. The van der Waals surface area contributed by atoms with Crippen LogP contribution in [-0.2, 0) is 9.59 Å². The number of carbonyl (C=O) groups excluding carboxylic acids is 3. The smallest absolute Gasteiger partial charge is 0.253 e. The summed E-state index contributed by atoms with van der Waals surface area (Å²) in [7, 11) is 0. The molecule has 0 aliphatic rings. The van der Waals surface area contributed by atoms with E-state index in [0.717, 1.165) is 0 Å². The Hall–Kier alpha value is -2.37. The molecule has 6 nitrogen and oxygen atoms in total. The lowest BCUT2D eigenvalue weighted by molar-refractivity contribution is -0.126. The Labute approximate surface area is 143 Å². The summed E-state index contributed by atoms with van der Waals surface area (Å²) in [6.45, 7) is 10.2. The number of amides is 3. The summed E-state index contributed by atoms with van der Waals surface area (Å²) in [5, 5.41) is 5.42. The molecule has 1 aromatic rings. The van der Waals surface area contributed by atoms with Gasteiger partial charge in [0.1, 0.15) is 6.04 Å². The van der Waals surface area contributed by atoms with E-state index in [0.29, 0.717) is 24.3 Å². The summed E-state index contributed by atoms with van der Waals surface area (Å²) < 4.78 is 0. The molecule has 1 atom stereocenters. The van der Waals surface area contributed by atoms with E-state index in [1.54, 1.807) is 29.2 Å². The Bertz CT molecular complexity index is 595. The maximum atomic E-state index is 12.4. The highest BCUT2D eigenvalue weighted by Crippen LogP contribution is 2.14. The fraction of sp³-hybridized carbons (Fsp3) is 0.500. The first-order valence-electron chi connectivity index (χ1n) is 8.27. The minimum atomic E-state index is -0.621. The predicted octanol–water partition coefficient (Wildman–Crippen LogP) is 2.27. The van der Waals surface area contributed by atoms with Gasteiger partial charge in [0.2, 0.25) is 11.8 Å². The van der Waals surface area contributed by atoms with Gasteiger partial charge >= 0.3 is 0 Å². The zero-order chi connectivity index (χ0) is 18.3. The minimum Gasteiger partial charge on any atom is -0.344 e. The number of benzene rings is 1. The second-order valence-electron chi connectivity index (χ2n) is 5.97. The number of carbonyl (C=O) groups is 3. The molecule has 3 amide bonds. The quantitative estimate of drug-likeness (QED) is 0.803. The molecule has 0 saturated heterocycles. The van der Waals surface area contributed by atoms with Gasteiger partial charge in [0.25, 0.3) is 5.91 Å². The van der Waals surface area contributed by atoms with Crippen molar-refractivity contribution in [2.24, 2.45) is 5.92 Å². The average Bonchev–Trinajstić information content (AvgIpc) is 2.53. The molecular weight excluding hydrogens is 306 g/mol. The third kappa shape index (κ3) is 5.37. The summed E-state index contributed by atoms with van der Waals surface area (Å²) in [5.41, 5.74) is 1.06. The zero-order valence-corrected chi connectivity index (χ0v) is 15.1. The molecule has 0 radical (unpaired) electrons. The van der Waals surface area contributed by atoms with Gasteiger partial charge in [0.05, 0.1) is 0 Å². The van der Waals surface area contributed by atoms with Gasteiger partial charge in [-0.3, -0.25) is 14.4 Å². The Kier molecular flexibility index (Phi) is 7.42. The van der Waals surface area contributed by atoms with Gasteiger partial charge in [-0.1, -0.05) is 19.9 Å². The third-order valence-electron chi connectivity index (χ3n) is 3.74. The molecule has 0 heterocycles. The Balaban J connectivity index is 2.92. The summed E-state index contributed by atoms with van der Waals surface area (Å²) in [4.78, 5) is 37.8. The van der Waals surface area contributed by atoms with Gasteiger partial charge in [-0.15, -0.1) is 0 Å². The highest BCUT2D eigenvalue weighted by molar-refractivity contribution is 5.99. The van der Waals surface area contributed by atoms with Gasteiger partial charge < -0.3 is 15.5 Å². The molecular formula is C18H27N3O3. The molecule has 1 aromatic carbocycles. The molecule has 132 valence electrons. The van der Waals surface area contributed by atoms with E-state index in [-0.39, 0.29) is 23.6 Å². The predicted molar refractivity (Wildman–Crippen MR) is 94.8 cm³/mol. The van der Waals surface area contributed by atoms with Gasteiger partial charge in [-0.05, 0) is 38.0 Å². The number of nitrogens with zero attached hydrogens (tertiary/aromatic N) is 1. The topological polar surface area (TPSA) is 78.5 Å². The molecule has 6 heteroatoms. The van der Waals surface area contributed by atoms with Crippen molar-refractivity contribution < 1.29 is 14.4 Å². The van der Waals surface area contributed by atoms with E-state index in [1.165, 1.54) is 6.92 Å². The first-order valence-corrected chi connectivity index (χ1v) is 8.27. The standard InChI is InChI=1S/C18H27N3O3/c1-6-21(7-2)18(24)14-9-8-10-15(11-14)20-17(23)16(12(3)4)19-13(5)22/h8-12,16H,6-7H2,1-5H3,(H,19,22)(H,20,23). The van der Waals surface area contributed by atoms with Crippen LogP contribution in [0.2, 0.25) is 0 Å². The number of hydrogen-bond donors (Lipinski definition) is 2. The summed E-state index contributed by atoms with van der Waals surface area (Å²) in [6, 6.07) is 6.22. The molecule has 1 unspecified atom stereocenters. The van der Waals surface area contributed by atoms with Crippen LogP contribution < -0.4 is 10.6 Å². The molecule has 0 bridgehead atoms. The van der Waals surface area contributed by atoms with E-state index in [2.05, 4.69) is 10.6 Å².